The summed E-state index contributed by atoms with van der Waals surface area (Å²) in [5, 5.41) is 106. The number of hydrogen-bond acceptors (Lipinski definition) is 14. The van der Waals surface area contributed by atoms with Gasteiger partial charge in [-0.1, -0.05) is 48.6 Å². The summed E-state index contributed by atoms with van der Waals surface area (Å²) in [6.07, 6.45) is -6.04. The molecule has 0 radical (unpaired) electrons. The van der Waals surface area contributed by atoms with Crippen molar-refractivity contribution in [2.24, 2.45) is 0 Å². The van der Waals surface area contributed by atoms with Gasteiger partial charge in [-0.15, -0.1) is 0 Å². The molecule has 6 aromatic rings. The normalized spacial score (nSPS) is 25.2. The van der Waals surface area contributed by atoms with Gasteiger partial charge >= 0.3 is 0 Å². The zero-order valence-corrected chi connectivity index (χ0v) is 32.6. The predicted molar refractivity (Wildman–Crippen MR) is 222 cm³/mol. The molecule has 0 amide bonds. The Balaban J connectivity index is 1.30. The van der Waals surface area contributed by atoms with Crippen molar-refractivity contribution in [1.82, 2.24) is 0 Å². The van der Waals surface area contributed by atoms with Gasteiger partial charge in [0.1, 0.15) is 88.4 Å². The second kappa shape index (κ2) is 16.2. The molecule has 3 aliphatic rings. The maximum absolute atomic E-state index is 11.1. The van der Waals surface area contributed by atoms with E-state index in [1.54, 1.807) is 72.8 Å². The smallest absolute Gasteiger partial charge is 0.229 e. The lowest BCUT2D eigenvalue weighted by Crippen LogP contribution is -2.60. The Labute approximate surface area is 354 Å². The SMILES string of the molecule is OC[C@H]1O[C@@H](Oc2cc3c(c([C@H]4c5c(/C=C\c6ccc(O)cc6)cc(O)cc5O[C@@H]4c4ccc(O)cc4)c2)[C@@H](c2cc(O)cc(O)c2)[C@H](c2ccc(O)cc2)O3)[C@H](O)[C@@H](O)[C@@H]1O. The van der Waals surface area contributed by atoms with E-state index in [1.807, 2.05) is 6.08 Å². The van der Waals surface area contributed by atoms with E-state index < -0.39 is 61.4 Å². The van der Waals surface area contributed by atoms with E-state index in [1.165, 1.54) is 48.5 Å². The molecule has 6 aromatic carbocycles. The van der Waals surface area contributed by atoms with Crippen molar-refractivity contribution in [2.75, 3.05) is 6.61 Å². The molecule has 62 heavy (non-hydrogen) atoms. The standard InChI is InChI=1S/C48H42O14/c49-22-38-43(56)44(57)45(58)48(62-38)59-34-20-35(41-37(21-34)61-46(24-5-11-29(51)12-6-24)40(41)27-16-31(53)18-32(54)17-27)42-39-26(4-1-23-2-9-28(50)10-3-23)15-33(55)19-36(39)60-47(42)25-7-13-30(52)14-8-25/h1-21,38,40,42-58H,22H2/b4-1-/t38-,40-,42+,43-,44+,45-,46+,47-,48-/m1/s1. The van der Waals surface area contributed by atoms with Crippen LogP contribution >= 0.6 is 0 Å². The second-order valence-electron chi connectivity index (χ2n) is 15.6. The maximum atomic E-state index is 11.1. The van der Waals surface area contributed by atoms with E-state index in [-0.39, 0.29) is 46.0 Å². The van der Waals surface area contributed by atoms with Crippen LogP contribution in [-0.2, 0) is 4.74 Å². The molecule has 318 valence electrons. The van der Waals surface area contributed by atoms with E-state index in [0.717, 1.165) is 5.56 Å². The number of aliphatic hydroxyl groups is 4. The quantitative estimate of drug-likeness (QED) is 0.0775. The summed E-state index contributed by atoms with van der Waals surface area (Å²) in [6.45, 7) is -0.687. The summed E-state index contributed by atoms with van der Waals surface area (Å²) in [4.78, 5) is 0. The Morgan fingerprint density at radius 3 is 1.65 bits per heavy atom. The molecule has 0 aliphatic carbocycles. The van der Waals surface area contributed by atoms with Crippen LogP contribution < -0.4 is 14.2 Å². The molecule has 0 unspecified atom stereocenters. The van der Waals surface area contributed by atoms with Gasteiger partial charge in [0.2, 0.25) is 6.29 Å². The van der Waals surface area contributed by atoms with Crippen molar-refractivity contribution >= 4 is 12.2 Å². The number of phenols is 6. The fraction of sp³-hybridized carbons (Fsp3) is 0.208. The van der Waals surface area contributed by atoms with Gasteiger partial charge in [-0.2, -0.15) is 0 Å². The zero-order chi connectivity index (χ0) is 43.4. The first kappa shape index (κ1) is 40.5. The molecule has 10 N–H and O–H groups in total. The predicted octanol–water partition coefficient (Wildman–Crippen LogP) is 5.80. The highest BCUT2D eigenvalue weighted by Crippen LogP contribution is 2.60. The number of rotatable bonds is 9. The van der Waals surface area contributed by atoms with Crippen LogP contribution in [0.5, 0.6) is 51.7 Å². The summed E-state index contributed by atoms with van der Waals surface area (Å²) < 4.78 is 25.6. The van der Waals surface area contributed by atoms with Gasteiger partial charge in [-0.3, -0.25) is 0 Å². The molecule has 9 atom stereocenters. The summed E-state index contributed by atoms with van der Waals surface area (Å²) in [5.74, 6) is -1.27. The Bertz CT molecular complexity index is 2610. The van der Waals surface area contributed by atoms with Gasteiger partial charge in [0, 0.05) is 29.3 Å². The van der Waals surface area contributed by atoms with Crippen molar-refractivity contribution in [3.63, 3.8) is 0 Å². The number of aromatic hydroxyl groups is 6. The number of hydrogen-bond donors (Lipinski definition) is 10. The maximum Gasteiger partial charge on any atom is 0.229 e. The highest BCUT2D eigenvalue weighted by molar-refractivity contribution is 5.76. The van der Waals surface area contributed by atoms with E-state index in [0.29, 0.717) is 44.7 Å². The fourth-order valence-corrected chi connectivity index (χ4v) is 8.67. The molecule has 0 bridgehead atoms. The van der Waals surface area contributed by atoms with Gasteiger partial charge in [-0.05, 0) is 94.0 Å². The van der Waals surface area contributed by atoms with E-state index >= 15 is 0 Å². The van der Waals surface area contributed by atoms with E-state index in [9.17, 15) is 51.1 Å². The third-order valence-electron chi connectivity index (χ3n) is 11.6. The molecule has 0 aromatic heterocycles. The zero-order valence-electron chi connectivity index (χ0n) is 32.6. The molecule has 3 aliphatic heterocycles. The molecule has 3 heterocycles. The van der Waals surface area contributed by atoms with Crippen LogP contribution in [0, 0.1) is 0 Å². The fourth-order valence-electron chi connectivity index (χ4n) is 8.67. The van der Waals surface area contributed by atoms with Gasteiger partial charge < -0.3 is 70.0 Å². The van der Waals surface area contributed by atoms with Crippen LogP contribution in [0.3, 0.4) is 0 Å². The van der Waals surface area contributed by atoms with Crippen molar-refractivity contribution in [2.45, 2.75) is 54.7 Å². The van der Waals surface area contributed by atoms with Crippen molar-refractivity contribution < 1.29 is 70.0 Å². The van der Waals surface area contributed by atoms with Crippen molar-refractivity contribution in [3.05, 3.63) is 160 Å². The number of phenolic OH excluding ortho intramolecular Hbond substituents is 6. The van der Waals surface area contributed by atoms with E-state index in [4.69, 9.17) is 18.9 Å². The lowest BCUT2D eigenvalue weighted by Gasteiger charge is -2.39. The monoisotopic (exact) mass is 842 g/mol. The van der Waals surface area contributed by atoms with Crippen molar-refractivity contribution in [3.8, 4) is 51.7 Å². The summed E-state index contributed by atoms with van der Waals surface area (Å²) in [7, 11) is 0. The highest BCUT2D eigenvalue weighted by Gasteiger charge is 2.48. The number of benzene rings is 6. The first-order chi connectivity index (χ1) is 29.8. The first-order valence-corrected chi connectivity index (χ1v) is 19.8. The third kappa shape index (κ3) is 7.54. The van der Waals surface area contributed by atoms with Gasteiger partial charge in [0.05, 0.1) is 18.4 Å². The molecule has 1 saturated heterocycles. The highest BCUT2D eigenvalue weighted by atomic mass is 16.7. The van der Waals surface area contributed by atoms with Gasteiger partial charge in [0.25, 0.3) is 0 Å². The minimum atomic E-state index is -1.75. The summed E-state index contributed by atoms with van der Waals surface area (Å²) in [5.41, 5.74) is 4.72. The average molecular weight is 843 g/mol. The largest absolute Gasteiger partial charge is 0.508 e. The van der Waals surface area contributed by atoms with Crippen molar-refractivity contribution in [1.29, 1.82) is 0 Å². The molecule has 14 heteroatoms. The third-order valence-corrected chi connectivity index (χ3v) is 11.6. The lowest BCUT2D eigenvalue weighted by atomic mass is 9.75. The Kier molecular flexibility index (Phi) is 10.5. The summed E-state index contributed by atoms with van der Waals surface area (Å²) in [6, 6.07) is 30.0. The molecule has 0 saturated carbocycles. The topological polar surface area (TPSA) is 239 Å². The Morgan fingerprint density at radius 2 is 1.05 bits per heavy atom. The average Bonchev–Trinajstić information content (AvgIpc) is 3.83. The van der Waals surface area contributed by atoms with Crippen LogP contribution in [0.4, 0.5) is 0 Å². The minimum Gasteiger partial charge on any atom is -0.508 e. The Hall–Kier alpha value is -6.94. The first-order valence-electron chi connectivity index (χ1n) is 19.8. The second-order valence-corrected chi connectivity index (χ2v) is 15.6. The minimum absolute atomic E-state index is 0.0132. The molecule has 1 fully saturated rings. The molecular weight excluding hydrogens is 801 g/mol. The van der Waals surface area contributed by atoms with E-state index in [2.05, 4.69) is 0 Å². The van der Waals surface area contributed by atoms with Crippen LogP contribution in [0.2, 0.25) is 0 Å². The molecular formula is C48H42O14. The van der Waals surface area contributed by atoms with Gasteiger partial charge in [0.15, 0.2) is 0 Å². The molecule has 9 rings (SSSR count). The van der Waals surface area contributed by atoms with Crippen LogP contribution in [0.1, 0.15) is 68.6 Å². The molecule has 14 nitrogen and oxygen atoms in total. The number of ether oxygens (including phenoxy) is 4. The molecule has 0 spiro atoms. The summed E-state index contributed by atoms with van der Waals surface area (Å²) >= 11 is 0. The van der Waals surface area contributed by atoms with Gasteiger partial charge in [-0.25, -0.2) is 0 Å². The number of aliphatic hydroxyl groups excluding tert-OH is 4. The number of fused-ring (bicyclic) bond motifs is 2. The van der Waals surface area contributed by atoms with Crippen LogP contribution in [-0.4, -0.2) is 88.4 Å². The van der Waals surface area contributed by atoms with Crippen LogP contribution in [0.25, 0.3) is 12.2 Å². The Morgan fingerprint density at radius 1 is 0.500 bits per heavy atom. The lowest BCUT2D eigenvalue weighted by molar-refractivity contribution is -0.277. The van der Waals surface area contributed by atoms with Crippen LogP contribution in [0.15, 0.2) is 115 Å².